The maximum absolute atomic E-state index is 10.8. The number of anilines is 1. The van der Waals surface area contributed by atoms with E-state index in [1.165, 1.54) is 6.07 Å². The zero-order valence-electron chi connectivity index (χ0n) is 5.97. The Balaban J connectivity index is 3.37. The predicted molar refractivity (Wildman–Crippen MR) is 52.1 cm³/mol. The molecule has 1 aromatic rings. The van der Waals surface area contributed by atoms with Gasteiger partial charge in [-0.15, -0.1) is 0 Å². The van der Waals surface area contributed by atoms with Gasteiger partial charge >= 0.3 is 0 Å². The van der Waals surface area contributed by atoms with Gasteiger partial charge in [0.25, 0.3) is 5.91 Å². The first-order chi connectivity index (χ1) is 5.52. The SMILES string of the molecule is NC(=O)c1cc(Cl)cc(Br)c1N. The van der Waals surface area contributed by atoms with E-state index in [-0.39, 0.29) is 5.56 Å². The molecule has 0 spiro atoms. The fourth-order valence-electron chi connectivity index (χ4n) is 0.789. The molecule has 0 saturated heterocycles. The topological polar surface area (TPSA) is 69.1 Å². The van der Waals surface area contributed by atoms with Gasteiger partial charge in [-0.05, 0) is 28.1 Å². The van der Waals surface area contributed by atoms with Crippen LogP contribution < -0.4 is 11.5 Å². The molecule has 3 nitrogen and oxygen atoms in total. The number of carbonyl (C=O) groups excluding carboxylic acids is 1. The Kier molecular flexibility index (Phi) is 2.59. The number of nitrogen functional groups attached to an aromatic ring is 1. The van der Waals surface area contributed by atoms with Crippen molar-refractivity contribution in [2.45, 2.75) is 0 Å². The van der Waals surface area contributed by atoms with E-state index in [9.17, 15) is 4.79 Å². The normalized spacial score (nSPS) is 9.83. The number of hydrogen-bond donors (Lipinski definition) is 2. The average Bonchev–Trinajstić information content (AvgIpc) is 1.96. The molecule has 0 saturated carbocycles. The van der Waals surface area contributed by atoms with Crippen LogP contribution in [0.5, 0.6) is 0 Å². The fraction of sp³-hybridized carbons (Fsp3) is 0. The first-order valence-corrected chi connectivity index (χ1v) is 4.24. The number of benzene rings is 1. The fourth-order valence-corrected chi connectivity index (χ4v) is 1.60. The summed E-state index contributed by atoms with van der Waals surface area (Å²) in [4.78, 5) is 10.8. The minimum atomic E-state index is -0.587. The van der Waals surface area contributed by atoms with Crippen molar-refractivity contribution in [2.75, 3.05) is 5.73 Å². The van der Waals surface area contributed by atoms with Gasteiger partial charge in [0, 0.05) is 9.50 Å². The first-order valence-electron chi connectivity index (χ1n) is 3.06. The number of rotatable bonds is 1. The Morgan fingerprint density at radius 3 is 2.58 bits per heavy atom. The Bertz CT molecular complexity index is 340. The maximum Gasteiger partial charge on any atom is 0.250 e. The number of nitrogens with two attached hydrogens (primary N) is 2. The third-order valence-electron chi connectivity index (χ3n) is 1.36. The molecule has 0 fully saturated rings. The van der Waals surface area contributed by atoms with Gasteiger partial charge in [-0.3, -0.25) is 4.79 Å². The van der Waals surface area contributed by atoms with Gasteiger partial charge in [0.1, 0.15) is 0 Å². The van der Waals surface area contributed by atoms with Gasteiger partial charge in [-0.2, -0.15) is 0 Å². The summed E-state index contributed by atoms with van der Waals surface area (Å²) in [5.41, 5.74) is 11.1. The third-order valence-corrected chi connectivity index (χ3v) is 2.23. The van der Waals surface area contributed by atoms with E-state index in [0.29, 0.717) is 15.2 Å². The molecule has 0 aliphatic rings. The third kappa shape index (κ3) is 1.70. The van der Waals surface area contributed by atoms with Gasteiger partial charge < -0.3 is 11.5 Å². The maximum atomic E-state index is 10.8. The van der Waals surface area contributed by atoms with Crippen molar-refractivity contribution >= 4 is 39.1 Å². The zero-order chi connectivity index (χ0) is 9.30. The molecule has 0 bridgehead atoms. The summed E-state index contributed by atoms with van der Waals surface area (Å²) in [5, 5.41) is 0.421. The molecule has 0 atom stereocenters. The van der Waals surface area contributed by atoms with Crippen molar-refractivity contribution < 1.29 is 4.79 Å². The molecule has 0 unspecified atom stereocenters. The quantitative estimate of drug-likeness (QED) is 0.745. The van der Waals surface area contributed by atoms with Gasteiger partial charge in [0.15, 0.2) is 0 Å². The van der Waals surface area contributed by atoms with E-state index in [4.69, 9.17) is 23.1 Å². The summed E-state index contributed by atoms with van der Waals surface area (Å²) in [7, 11) is 0. The van der Waals surface area contributed by atoms with Crippen LogP contribution in [0.15, 0.2) is 16.6 Å². The number of carbonyl (C=O) groups is 1. The molecule has 5 heteroatoms. The highest BCUT2D eigenvalue weighted by Crippen LogP contribution is 2.27. The molecule has 1 aromatic carbocycles. The summed E-state index contributed by atoms with van der Waals surface area (Å²) in [6.45, 7) is 0. The molecule has 0 heterocycles. The van der Waals surface area contributed by atoms with Crippen LogP contribution in [-0.4, -0.2) is 5.91 Å². The second-order valence-corrected chi connectivity index (χ2v) is 3.50. The molecule has 1 rings (SSSR count). The van der Waals surface area contributed by atoms with Crippen molar-refractivity contribution in [3.8, 4) is 0 Å². The van der Waals surface area contributed by atoms with Gasteiger partial charge in [-0.25, -0.2) is 0 Å². The van der Waals surface area contributed by atoms with Crippen LogP contribution in [0.4, 0.5) is 5.69 Å². The second-order valence-electron chi connectivity index (χ2n) is 2.21. The minimum absolute atomic E-state index is 0.231. The summed E-state index contributed by atoms with van der Waals surface area (Å²) in [6, 6.07) is 3.04. The highest BCUT2D eigenvalue weighted by Gasteiger charge is 2.09. The number of amides is 1. The van der Waals surface area contributed by atoms with Crippen LogP contribution >= 0.6 is 27.5 Å². The highest BCUT2D eigenvalue weighted by molar-refractivity contribution is 9.10. The number of primary amides is 1. The van der Waals surface area contributed by atoms with E-state index in [0.717, 1.165) is 0 Å². The van der Waals surface area contributed by atoms with E-state index < -0.39 is 5.91 Å². The lowest BCUT2D eigenvalue weighted by molar-refractivity contribution is 0.100. The van der Waals surface area contributed by atoms with Crippen molar-refractivity contribution in [3.63, 3.8) is 0 Å². The molecular formula is C7H6BrClN2O. The smallest absolute Gasteiger partial charge is 0.250 e. The van der Waals surface area contributed by atoms with Crippen molar-refractivity contribution in [2.24, 2.45) is 5.73 Å². The van der Waals surface area contributed by atoms with Gasteiger partial charge in [-0.1, -0.05) is 11.6 Å². The molecule has 1 amide bonds. The van der Waals surface area contributed by atoms with E-state index in [1.54, 1.807) is 6.07 Å². The Morgan fingerprint density at radius 1 is 1.50 bits per heavy atom. The standard InChI is InChI=1S/C7H6BrClN2O/c8-5-2-3(9)1-4(6(5)10)7(11)12/h1-2H,10H2,(H2,11,12). The lowest BCUT2D eigenvalue weighted by Crippen LogP contribution is -2.13. The second kappa shape index (κ2) is 3.33. The summed E-state index contributed by atoms with van der Waals surface area (Å²) in [5.74, 6) is -0.587. The summed E-state index contributed by atoms with van der Waals surface area (Å²) < 4.78 is 0.573. The summed E-state index contributed by atoms with van der Waals surface area (Å²) in [6.07, 6.45) is 0. The largest absolute Gasteiger partial charge is 0.397 e. The van der Waals surface area contributed by atoms with Crippen LogP contribution in [0.3, 0.4) is 0 Å². The molecular weight excluding hydrogens is 243 g/mol. The Hall–Kier alpha value is -0.740. The minimum Gasteiger partial charge on any atom is -0.397 e. The van der Waals surface area contributed by atoms with Crippen LogP contribution in [0, 0.1) is 0 Å². The number of halogens is 2. The van der Waals surface area contributed by atoms with E-state index in [1.807, 2.05) is 0 Å². The molecule has 4 N–H and O–H groups in total. The molecule has 64 valence electrons. The van der Waals surface area contributed by atoms with Crippen LogP contribution in [0.25, 0.3) is 0 Å². The highest BCUT2D eigenvalue weighted by atomic mass is 79.9. The Morgan fingerprint density at radius 2 is 2.08 bits per heavy atom. The van der Waals surface area contributed by atoms with Crippen molar-refractivity contribution in [1.29, 1.82) is 0 Å². The molecule has 0 aliphatic heterocycles. The monoisotopic (exact) mass is 248 g/mol. The van der Waals surface area contributed by atoms with Crippen LogP contribution in [-0.2, 0) is 0 Å². The zero-order valence-corrected chi connectivity index (χ0v) is 8.32. The van der Waals surface area contributed by atoms with E-state index in [2.05, 4.69) is 15.9 Å². The average molecular weight is 249 g/mol. The first kappa shape index (κ1) is 9.35. The van der Waals surface area contributed by atoms with Crippen LogP contribution in [0.1, 0.15) is 10.4 Å². The molecule has 12 heavy (non-hydrogen) atoms. The van der Waals surface area contributed by atoms with Crippen LogP contribution in [0.2, 0.25) is 5.02 Å². The predicted octanol–water partition coefficient (Wildman–Crippen LogP) is 1.78. The lowest BCUT2D eigenvalue weighted by Gasteiger charge is -2.03. The lowest BCUT2D eigenvalue weighted by atomic mass is 10.2. The van der Waals surface area contributed by atoms with Gasteiger partial charge in [0.2, 0.25) is 0 Å². The molecule has 0 aliphatic carbocycles. The molecule has 0 radical (unpaired) electrons. The number of hydrogen-bond acceptors (Lipinski definition) is 2. The summed E-state index contributed by atoms with van der Waals surface area (Å²) >= 11 is 8.82. The van der Waals surface area contributed by atoms with E-state index >= 15 is 0 Å². The van der Waals surface area contributed by atoms with Gasteiger partial charge in [0.05, 0.1) is 11.3 Å². The van der Waals surface area contributed by atoms with Crippen molar-refractivity contribution in [3.05, 3.63) is 27.2 Å². The molecule has 0 aromatic heterocycles. The Labute approximate surface area is 82.8 Å². The van der Waals surface area contributed by atoms with Crippen molar-refractivity contribution in [1.82, 2.24) is 0 Å².